The number of likely N-dealkylation sites (tertiary alicyclic amines) is 1. The second-order valence-corrected chi connectivity index (χ2v) is 5.92. The SMILES string of the molecule is CCOC(=O)C1CCCN(C(=O)OC(C)(C)C)C1C. The van der Waals surface area contributed by atoms with Crippen molar-refractivity contribution in [2.45, 2.75) is 59.1 Å². The number of carbonyl (C=O) groups is 2. The zero-order valence-corrected chi connectivity index (χ0v) is 12.6. The van der Waals surface area contributed by atoms with E-state index < -0.39 is 5.60 Å². The molecule has 1 amide bonds. The van der Waals surface area contributed by atoms with Gasteiger partial charge >= 0.3 is 12.1 Å². The standard InChI is InChI=1S/C14H25NO4/c1-6-18-12(16)11-8-7-9-15(10(11)2)13(17)19-14(3,4)5/h10-11H,6-9H2,1-5H3. The van der Waals surface area contributed by atoms with Crippen molar-refractivity contribution in [1.29, 1.82) is 0 Å². The molecule has 0 N–H and O–H groups in total. The van der Waals surface area contributed by atoms with Gasteiger partial charge in [-0.15, -0.1) is 0 Å². The monoisotopic (exact) mass is 271 g/mol. The molecule has 1 aliphatic heterocycles. The van der Waals surface area contributed by atoms with Crippen LogP contribution in [0.3, 0.4) is 0 Å². The van der Waals surface area contributed by atoms with Crippen molar-refractivity contribution in [2.75, 3.05) is 13.2 Å². The predicted octanol–water partition coefficient (Wildman–Crippen LogP) is 2.59. The van der Waals surface area contributed by atoms with Gasteiger partial charge in [0.1, 0.15) is 5.60 Å². The molecular formula is C14H25NO4. The van der Waals surface area contributed by atoms with E-state index in [2.05, 4.69) is 0 Å². The average molecular weight is 271 g/mol. The number of nitrogens with zero attached hydrogens (tertiary/aromatic N) is 1. The number of rotatable bonds is 2. The van der Waals surface area contributed by atoms with Crippen LogP contribution < -0.4 is 0 Å². The molecule has 110 valence electrons. The average Bonchev–Trinajstić information content (AvgIpc) is 2.27. The topological polar surface area (TPSA) is 55.8 Å². The molecule has 0 aromatic carbocycles. The number of hydrogen-bond donors (Lipinski definition) is 0. The molecule has 5 nitrogen and oxygen atoms in total. The molecule has 1 fully saturated rings. The molecule has 1 aliphatic rings. The van der Waals surface area contributed by atoms with Crippen LogP contribution in [0.4, 0.5) is 4.79 Å². The lowest BCUT2D eigenvalue weighted by atomic mass is 9.90. The van der Waals surface area contributed by atoms with Crippen molar-refractivity contribution < 1.29 is 19.1 Å². The quantitative estimate of drug-likeness (QED) is 0.724. The Morgan fingerprint density at radius 3 is 2.47 bits per heavy atom. The van der Waals surface area contributed by atoms with E-state index in [9.17, 15) is 9.59 Å². The van der Waals surface area contributed by atoms with Crippen LogP contribution in [-0.4, -0.2) is 41.8 Å². The molecule has 1 saturated heterocycles. The van der Waals surface area contributed by atoms with Gasteiger partial charge in [-0.05, 0) is 47.5 Å². The van der Waals surface area contributed by atoms with E-state index in [1.54, 1.807) is 11.8 Å². The summed E-state index contributed by atoms with van der Waals surface area (Å²) in [6.07, 6.45) is 1.21. The van der Waals surface area contributed by atoms with Crippen LogP contribution in [0.25, 0.3) is 0 Å². The minimum atomic E-state index is -0.520. The molecule has 0 saturated carbocycles. The summed E-state index contributed by atoms with van der Waals surface area (Å²) in [7, 11) is 0. The lowest BCUT2D eigenvalue weighted by Gasteiger charge is -2.38. The van der Waals surface area contributed by atoms with E-state index in [0.717, 1.165) is 12.8 Å². The summed E-state index contributed by atoms with van der Waals surface area (Å²) in [5.41, 5.74) is -0.520. The maximum absolute atomic E-state index is 12.1. The summed E-state index contributed by atoms with van der Waals surface area (Å²) in [6.45, 7) is 10.2. The maximum atomic E-state index is 12.1. The summed E-state index contributed by atoms with van der Waals surface area (Å²) in [4.78, 5) is 25.6. The van der Waals surface area contributed by atoms with Gasteiger partial charge in [-0.2, -0.15) is 0 Å². The molecule has 1 rings (SSSR count). The van der Waals surface area contributed by atoms with Crippen LogP contribution in [0.2, 0.25) is 0 Å². The van der Waals surface area contributed by atoms with Gasteiger partial charge in [-0.3, -0.25) is 4.79 Å². The van der Waals surface area contributed by atoms with Crippen molar-refractivity contribution in [2.24, 2.45) is 5.92 Å². The van der Waals surface area contributed by atoms with E-state index in [-0.39, 0.29) is 24.0 Å². The van der Waals surface area contributed by atoms with Gasteiger partial charge in [-0.1, -0.05) is 0 Å². The molecule has 0 aliphatic carbocycles. The highest BCUT2D eigenvalue weighted by Crippen LogP contribution is 2.26. The summed E-state index contributed by atoms with van der Waals surface area (Å²) in [5.74, 6) is -0.468. The molecule has 19 heavy (non-hydrogen) atoms. The maximum Gasteiger partial charge on any atom is 0.410 e. The molecule has 5 heteroatoms. The Balaban J connectivity index is 2.70. The highest BCUT2D eigenvalue weighted by atomic mass is 16.6. The summed E-state index contributed by atoms with van der Waals surface area (Å²) in [5, 5.41) is 0. The first kappa shape index (κ1) is 15.8. The third-order valence-electron chi connectivity index (χ3n) is 3.21. The van der Waals surface area contributed by atoms with E-state index in [1.807, 2.05) is 27.7 Å². The van der Waals surface area contributed by atoms with Crippen LogP contribution in [-0.2, 0) is 14.3 Å². The zero-order valence-electron chi connectivity index (χ0n) is 12.6. The van der Waals surface area contributed by atoms with Crippen LogP contribution >= 0.6 is 0 Å². The second-order valence-electron chi connectivity index (χ2n) is 5.92. The molecule has 0 bridgehead atoms. The Bertz CT molecular complexity index is 335. The first-order valence-corrected chi connectivity index (χ1v) is 6.92. The lowest BCUT2D eigenvalue weighted by molar-refractivity contribution is -0.151. The number of carbonyl (C=O) groups excluding carboxylic acids is 2. The van der Waals surface area contributed by atoms with Gasteiger partial charge in [0.2, 0.25) is 0 Å². The zero-order chi connectivity index (χ0) is 14.6. The van der Waals surface area contributed by atoms with E-state index in [1.165, 1.54) is 0 Å². The highest BCUT2D eigenvalue weighted by molar-refractivity contribution is 5.75. The van der Waals surface area contributed by atoms with Gasteiger partial charge in [0.05, 0.1) is 12.5 Å². The highest BCUT2D eigenvalue weighted by Gasteiger charge is 2.37. The minimum Gasteiger partial charge on any atom is -0.466 e. The second kappa shape index (κ2) is 6.26. The fourth-order valence-corrected chi connectivity index (χ4v) is 2.29. The molecule has 2 unspecified atom stereocenters. The van der Waals surface area contributed by atoms with Crippen LogP contribution in [0.5, 0.6) is 0 Å². The number of amides is 1. The minimum absolute atomic E-state index is 0.178. The Hall–Kier alpha value is -1.26. The van der Waals surface area contributed by atoms with E-state index in [0.29, 0.717) is 13.2 Å². The summed E-state index contributed by atoms with van der Waals surface area (Å²) in [6, 6.07) is -0.178. The molecule has 0 aromatic heterocycles. The Morgan fingerprint density at radius 2 is 1.95 bits per heavy atom. The van der Waals surface area contributed by atoms with E-state index in [4.69, 9.17) is 9.47 Å². The van der Waals surface area contributed by atoms with Crippen LogP contribution in [0, 0.1) is 5.92 Å². The first-order valence-electron chi connectivity index (χ1n) is 6.92. The van der Waals surface area contributed by atoms with Crippen LogP contribution in [0.1, 0.15) is 47.5 Å². The fourth-order valence-electron chi connectivity index (χ4n) is 2.29. The Morgan fingerprint density at radius 1 is 1.32 bits per heavy atom. The summed E-state index contributed by atoms with van der Waals surface area (Å²) < 4.78 is 10.4. The third-order valence-corrected chi connectivity index (χ3v) is 3.21. The Labute approximate surface area is 115 Å². The number of ether oxygens (including phenoxy) is 2. The third kappa shape index (κ3) is 4.40. The van der Waals surface area contributed by atoms with Gasteiger partial charge in [0, 0.05) is 12.6 Å². The van der Waals surface area contributed by atoms with Gasteiger partial charge in [0.15, 0.2) is 0 Å². The van der Waals surface area contributed by atoms with Crippen molar-refractivity contribution in [3.05, 3.63) is 0 Å². The molecular weight excluding hydrogens is 246 g/mol. The normalized spacial score (nSPS) is 23.9. The van der Waals surface area contributed by atoms with E-state index >= 15 is 0 Å². The molecule has 1 heterocycles. The molecule has 0 aromatic rings. The summed E-state index contributed by atoms with van der Waals surface area (Å²) >= 11 is 0. The number of hydrogen-bond acceptors (Lipinski definition) is 4. The lowest BCUT2D eigenvalue weighted by Crippen LogP contribution is -2.50. The molecule has 0 spiro atoms. The predicted molar refractivity (Wildman–Crippen MR) is 71.8 cm³/mol. The number of esters is 1. The molecule has 0 radical (unpaired) electrons. The first-order chi connectivity index (χ1) is 8.76. The van der Waals surface area contributed by atoms with Crippen molar-refractivity contribution >= 4 is 12.1 Å². The molecule has 2 atom stereocenters. The van der Waals surface area contributed by atoms with Crippen molar-refractivity contribution in [1.82, 2.24) is 4.90 Å². The smallest absolute Gasteiger partial charge is 0.410 e. The largest absolute Gasteiger partial charge is 0.466 e. The number of piperidine rings is 1. The van der Waals surface area contributed by atoms with Gasteiger partial charge < -0.3 is 14.4 Å². The van der Waals surface area contributed by atoms with Crippen LogP contribution in [0.15, 0.2) is 0 Å². The Kier molecular flexibility index (Phi) is 5.20. The van der Waals surface area contributed by atoms with Gasteiger partial charge in [0.25, 0.3) is 0 Å². The van der Waals surface area contributed by atoms with Crippen molar-refractivity contribution in [3.8, 4) is 0 Å². The fraction of sp³-hybridized carbons (Fsp3) is 0.857. The van der Waals surface area contributed by atoms with Crippen molar-refractivity contribution in [3.63, 3.8) is 0 Å². The van der Waals surface area contributed by atoms with Gasteiger partial charge in [-0.25, -0.2) is 4.79 Å².